The lowest BCUT2D eigenvalue weighted by atomic mass is 9.96. The van der Waals surface area contributed by atoms with Gasteiger partial charge in [0.1, 0.15) is 4.99 Å². The van der Waals surface area contributed by atoms with Crippen molar-refractivity contribution in [1.29, 1.82) is 0 Å². The Morgan fingerprint density at radius 3 is 2.64 bits per heavy atom. The van der Waals surface area contributed by atoms with Crippen LogP contribution < -0.4 is 5.43 Å². The van der Waals surface area contributed by atoms with E-state index in [1.807, 2.05) is 18.2 Å². The zero-order valence-corrected chi connectivity index (χ0v) is 13.6. The largest absolute Gasteiger partial charge is 0.271 e. The number of nitrogens with zero attached hydrogens (tertiary/aromatic N) is 2. The van der Waals surface area contributed by atoms with Gasteiger partial charge in [0.05, 0.1) is 10.6 Å². The topological polar surface area (TPSA) is 67.5 Å². The molecule has 0 bridgehead atoms. The molecule has 0 atom stereocenters. The van der Waals surface area contributed by atoms with E-state index in [2.05, 4.69) is 26.5 Å². The minimum absolute atomic E-state index is 0.0518. The molecule has 0 fully saturated rings. The fourth-order valence-corrected chi connectivity index (χ4v) is 2.84. The van der Waals surface area contributed by atoms with Crippen molar-refractivity contribution in [3.63, 3.8) is 0 Å². The normalized spacial score (nSPS) is 13.7. The second-order valence-electron chi connectivity index (χ2n) is 4.78. The minimum atomic E-state index is -0.420. The zero-order valence-electron chi connectivity index (χ0n) is 11.2. The monoisotopic (exact) mass is 375 g/mol. The van der Waals surface area contributed by atoms with Gasteiger partial charge in [0.2, 0.25) is 0 Å². The van der Waals surface area contributed by atoms with Crippen molar-refractivity contribution in [3.05, 3.63) is 73.7 Å². The number of nitrogens with one attached hydrogen (secondary N) is 1. The summed E-state index contributed by atoms with van der Waals surface area (Å²) in [7, 11) is 0. The summed E-state index contributed by atoms with van der Waals surface area (Å²) in [6.45, 7) is 0. The number of halogens is 1. The van der Waals surface area contributed by atoms with Gasteiger partial charge >= 0.3 is 0 Å². The summed E-state index contributed by atoms with van der Waals surface area (Å²) in [6.07, 6.45) is 0.609. The summed E-state index contributed by atoms with van der Waals surface area (Å²) >= 11 is 8.70. The first kappa shape index (κ1) is 14.8. The zero-order chi connectivity index (χ0) is 15.7. The van der Waals surface area contributed by atoms with Gasteiger partial charge in [-0.15, -0.1) is 0 Å². The van der Waals surface area contributed by atoms with Gasteiger partial charge in [-0.25, -0.2) is 0 Å². The first-order valence-electron chi connectivity index (χ1n) is 6.45. The van der Waals surface area contributed by atoms with Crippen LogP contribution in [0.15, 0.2) is 52.0 Å². The van der Waals surface area contributed by atoms with Gasteiger partial charge in [0.15, 0.2) is 0 Å². The van der Waals surface area contributed by atoms with Crippen LogP contribution in [0.2, 0.25) is 0 Å². The van der Waals surface area contributed by atoms with Crippen LogP contribution in [0, 0.1) is 10.1 Å². The first-order valence-corrected chi connectivity index (χ1v) is 7.65. The Bertz CT molecular complexity index is 803. The summed E-state index contributed by atoms with van der Waals surface area (Å²) in [5.74, 6) is 0. The van der Waals surface area contributed by atoms with Gasteiger partial charge in [-0.05, 0) is 29.8 Å². The molecule has 7 heteroatoms. The highest BCUT2D eigenvalue weighted by atomic mass is 79.9. The standard InChI is InChI=1S/C15H10BrN3O2S/c16-11-4-1-10-7-14(22)17-18-15(13(10)8-11)9-2-5-12(6-3-9)19(20)21/h1-6,8H,7H2,(H,17,22). The van der Waals surface area contributed by atoms with Crippen LogP contribution in [0.4, 0.5) is 5.69 Å². The third kappa shape index (κ3) is 2.90. The van der Waals surface area contributed by atoms with Gasteiger partial charge in [0.25, 0.3) is 5.69 Å². The second kappa shape index (κ2) is 5.94. The van der Waals surface area contributed by atoms with Crippen molar-refractivity contribution in [2.75, 3.05) is 0 Å². The fourth-order valence-electron chi connectivity index (χ4n) is 2.28. The Hall–Kier alpha value is -2.12. The lowest BCUT2D eigenvalue weighted by molar-refractivity contribution is -0.384. The summed E-state index contributed by atoms with van der Waals surface area (Å²) in [6, 6.07) is 12.3. The van der Waals surface area contributed by atoms with Crippen molar-refractivity contribution in [2.45, 2.75) is 6.42 Å². The summed E-state index contributed by atoms with van der Waals surface area (Å²) < 4.78 is 0.939. The number of thiocarbonyl (C=S) groups is 1. The van der Waals surface area contributed by atoms with Crippen LogP contribution in [0.5, 0.6) is 0 Å². The van der Waals surface area contributed by atoms with Crippen molar-refractivity contribution in [2.24, 2.45) is 5.10 Å². The molecule has 1 heterocycles. The van der Waals surface area contributed by atoms with Crippen molar-refractivity contribution >= 4 is 44.5 Å². The molecule has 1 aliphatic rings. The number of rotatable bonds is 2. The molecule has 0 aliphatic carbocycles. The van der Waals surface area contributed by atoms with Crippen molar-refractivity contribution in [3.8, 4) is 0 Å². The molecule has 0 unspecified atom stereocenters. The third-order valence-corrected chi connectivity index (χ3v) is 4.05. The van der Waals surface area contributed by atoms with Gasteiger partial charge in [-0.2, -0.15) is 5.10 Å². The van der Waals surface area contributed by atoms with Crippen LogP contribution in [0.1, 0.15) is 16.7 Å². The smallest absolute Gasteiger partial charge is 0.269 e. The maximum atomic E-state index is 10.8. The van der Waals surface area contributed by atoms with E-state index in [0.29, 0.717) is 17.1 Å². The number of fused-ring (bicyclic) bond motifs is 1. The number of hydrazone groups is 1. The van der Waals surface area contributed by atoms with Crippen LogP contribution in [-0.4, -0.2) is 15.6 Å². The van der Waals surface area contributed by atoms with E-state index in [1.165, 1.54) is 12.1 Å². The minimum Gasteiger partial charge on any atom is -0.271 e. The summed E-state index contributed by atoms with van der Waals surface area (Å²) in [5, 5.41) is 15.1. The Labute approximate surface area is 140 Å². The quantitative estimate of drug-likeness (QED) is 0.494. The Kier molecular flexibility index (Phi) is 4.00. The van der Waals surface area contributed by atoms with Gasteiger partial charge in [-0.1, -0.05) is 34.2 Å². The number of benzene rings is 2. The number of hydrogen-bond donors (Lipinski definition) is 1. The predicted octanol–water partition coefficient (Wildman–Crippen LogP) is 3.58. The maximum Gasteiger partial charge on any atom is 0.269 e. The van der Waals surface area contributed by atoms with Gasteiger partial charge in [0, 0.05) is 34.2 Å². The molecule has 1 N–H and O–H groups in total. The van der Waals surface area contributed by atoms with Crippen LogP contribution in [0.3, 0.4) is 0 Å². The molecule has 0 saturated carbocycles. The van der Waals surface area contributed by atoms with E-state index < -0.39 is 4.92 Å². The predicted molar refractivity (Wildman–Crippen MR) is 92.3 cm³/mol. The van der Waals surface area contributed by atoms with E-state index in [-0.39, 0.29) is 5.69 Å². The molecule has 0 radical (unpaired) electrons. The average molecular weight is 376 g/mol. The Morgan fingerprint density at radius 2 is 1.95 bits per heavy atom. The van der Waals surface area contributed by atoms with E-state index in [1.54, 1.807) is 12.1 Å². The molecule has 2 aromatic rings. The highest BCUT2D eigenvalue weighted by molar-refractivity contribution is 9.10. The number of nitro benzene ring substituents is 1. The second-order valence-corrected chi connectivity index (χ2v) is 6.19. The van der Waals surface area contributed by atoms with Crippen molar-refractivity contribution in [1.82, 2.24) is 5.43 Å². The Morgan fingerprint density at radius 1 is 1.23 bits per heavy atom. The van der Waals surface area contributed by atoms with E-state index in [4.69, 9.17) is 12.2 Å². The molecule has 0 aromatic heterocycles. The van der Waals surface area contributed by atoms with Crippen molar-refractivity contribution < 1.29 is 4.92 Å². The molecule has 22 heavy (non-hydrogen) atoms. The molecule has 3 rings (SSSR count). The average Bonchev–Trinajstić information content (AvgIpc) is 2.66. The van der Waals surface area contributed by atoms with E-state index >= 15 is 0 Å². The van der Waals surface area contributed by atoms with Crippen LogP contribution in [0.25, 0.3) is 0 Å². The molecule has 5 nitrogen and oxygen atoms in total. The molecule has 2 aromatic carbocycles. The molecular formula is C15H10BrN3O2S. The first-order chi connectivity index (χ1) is 10.5. The Balaban J connectivity index is 2.11. The lowest BCUT2D eigenvalue weighted by Crippen LogP contribution is -2.16. The molecule has 0 spiro atoms. The molecular weight excluding hydrogens is 366 g/mol. The SMILES string of the molecule is O=[N+]([O-])c1ccc(C2=NNC(=S)Cc3ccc(Br)cc32)cc1. The molecule has 110 valence electrons. The van der Waals surface area contributed by atoms with E-state index in [0.717, 1.165) is 21.2 Å². The molecule has 0 saturated heterocycles. The maximum absolute atomic E-state index is 10.8. The van der Waals surface area contributed by atoms with Crippen LogP contribution in [-0.2, 0) is 6.42 Å². The highest BCUT2D eigenvalue weighted by Crippen LogP contribution is 2.24. The lowest BCUT2D eigenvalue weighted by Gasteiger charge is -2.09. The van der Waals surface area contributed by atoms with E-state index in [9.17, 15) is 10.1 Å². The molecule has 0 amide bonds. The van der Waals surface area contributed by atoms with Crippen LogP contribution >= 0.6 is 28.1 Å². The third-order valence-electron chi connectivity index (χ3n) is 3.32. The number of hydrogen-bond acceptors (Lipinski definition) is 4. The number of nitro groups is 1. The highest BCUT2D eigenvalue weighted by Gasteiger charge is 2.18. The number of non-ortho nitro benzene ring substituents is 1. The summed E-state index contributed by atoms with van der Waals surface area (Å²) in [4.78, 5) is 11.0. The van der Waals surface area contributed by atoms with Gasteiger partial charge < -0.3 is 0 Å². The van der Waals surface area contributed by atoms with Gasteiger partial charge in [-0.3, -0.25) is 15.5 Å². The summed E-state index contributed by atoms with van der Waals surface area (Å²) in [5.41, 5.74) is 6.45. The molecule has 1 aliphatic heterocycles. The fraction of sp³-hybridized carbons (Fsp3) is 0.0667.